The number of hydrogen-bond acceptors (Lipinski definition) is 7. The van der Waals surface area contributed by atoms with Gasteiger partial charge < -0.3 is 19.6 Å². The van der Waals surface area contributed by atoms with Crippen LogP contribution in [0.25, 0.3) is 11.1 Å². The van der Waals surface area contributed by atoms with Gasteiger partial charge in [-0.25, -0.2) is 15.0 Å². The lowest BCUT2D eigenvalue weighted by Gasteiger charge is -2.37. The number of nitrogens with zero attached hydrogens (tertiary/aromatic N) is 5. The van der Waals surface area contributed by atoms with E-state index < -0.39 is 0 Å². The van der Waals surface area contributed by atoms with Gasteiger partial charge in [0.25, 0.3) is 5.91 Å². The minimum absolute atomic E-state index is 0.0721. The van der Waals surface area contributed by atoms with Crippen molar-refractivity contribution in [3.63, 3.8) is 0 Å². The molecule has 1 aliphatic rings. The molecule has 3 atom stereocenters. The van der Waals surface area contributed by atoms with Crippen LogP contribution in [-0.2, 0) is 4.79 Å². The first-order valence-corrected chi connectivity index (χ1v) is 9.87. The summed E-state index contributed by atoms with van der Waals surface area (Å²) in [7, 11) is 1.71. The lowest BCUT2D eigenvalue weighted by molar-refractivity contribution is -0.129. The Morgan fingerprint density at radius 3 is 2.67 bits per heavy atom. The molecule has 2 aromatic heterocycles. The SMILES string of the molecule is CC(=O)N(C)C[C@H]1Oc2ncc(-c3cncnc3)cc2C(=O)N([C@@H](C)CO)C[C@@H]1C. The largest absolute Gasteiger partial charge is 0.472 e. The zero-order valence-corrected chi connectivity index (χ0v) is 17.6. The Kier molecular flexibility index (Phi) is 6.61. The minimum Gasteiger partial charge on any atom is -0.472 e. The maximum Gasteiger partial charge on any atom is 0.259 e. The second kappa shape index (κ2) is 9.17. The lowest BCUT2D eigenvalue weighted by Crippen LogP contribution is -2.50. The monoisotopic (exact) mass is 413 g/mol. The molecule has 2 amide bonds. The Morgan fingerprint density at radius 2 is 2.03 bits per heavy atom. The standard InChI is InChI=1S/C21H27N5O4/c1-13-9-26(14(2)11-27)21(29)18-5-16(17-6-22-12-23-7-17)8-24-20(18)30-19(13)10-25(4)15(3)28/h5-8,12-14,19,27H,9-11H2,1-4H3/t13-,14-,19+/m0/s1. The highest BCUT2D eigenvalue weighted by atomic mass is 16.5. The highest BCUT2D eigenvalue weighted by Gasteiger charge is 2.34. The molecule has 30 heavy (non-hydrogen) atoms. The van der Waals surface area contributed by atoms with Gasteiger partial charge in [0.05, 0.1) is 19.2 Å². The first-order chi connectivity index (χ1) is 14.3. The summed E-state index contributed by atoms with van der Waals surface area (Å²) in [5, 5.41) is 9.71. The van der Waals surface area contributed by atoms with Gasteiger partial charge in [0, 0.05) is 56.2 Å². The van der Waals surface area contributed by atoms with Gasteiger partial charge in [-0.05, 0) is 13.0 Å². The number of aromatic nitrogens is 3. The average molecular weight is 413 g/mol. The molecule has 0 bridgehead atoms. The van der Waals surface area contributed by atoms with Gasteiger partial charge in [-0.1, -0.05) is 6.92 Å². The number of aliphatic hydroxyl groups excluding tert-OH is 1. The van der Waals surface area contributed by atoms with E-state index >= 15 is 0 Å². The van der Waals surface area contributed by atoms with Gasteiger partial charge in [0.2, 0.25) is 11.8 Å². The van der Waals surface area contributed by atoms with Crippen molar-refractivity contribution in [3.8, 4) is 17.0 Å². The molecule has 0 aromatic carbocycles. The molecule has 9 nitrogen and oxygen atoms in total. The van der Waals surface area contributed by atoms with E-state index in [1.165, 1.54) is 13.3 Å². The Labute approximate surface area is 175 Å². The Hall–Kier alpha value is -3.07. The lowest BCUT2D eigenvalue weighted by atomic mass is 9.99. The van der Waals surface area contributed by atoms with E-state index in [4.69, 9.17) is 4.74 Å². The minimum atomic E-state index is -0.374. The van der Waals surface area contributed by atoms with E-state index in [1.807, 2.05) is 6.92 Å². The van der Waals surface area contributed by atoms with Crippen LogP contribution in [0, 0.1) is 5.92 Å². The van der Waals surface area contributed by atoms with Crippen LogP contribution in [0.3, 0.4) is 0 Å². The topological polar surface area (TPSA) is 109 Å². The molecule has 0 unspecified atom stereocenters. The van der Waals surface area contributed by atoms with Crippen molar-refractivity contribution in [2.75, 3.05) is 26.7 Å². The summed E-state index contributed by atoms with van der Waals surface area (Å²) >= 11 is 0. The molecule has 0 radical (unpaired) electrons. The van der Waals surface area contributed by atoms with Crippen LogP contribution in [0.5, 0.6) is 5.88 Å². The Morgan fingerprint density at radius 1 is 1.33 bits per heavy atom. The Balaban J connectivity index is 2.05. The van der Waals surface area contributed by atoms with Crippen LogP contribution in [-0.4, -0.2) is 80.6 Å². The quantitative estimate of drug-likeness (QED) is 0.785. The van der Waals surface area contributed by atoms with E-state index in [0.717, 1.165) is 5.56 Å². The zero-order valence-electron chi connectivity index (χ0n) is 17.6. The number of carbonyl (C=O) groups is 2. The number of ether oxygens (including phenoxy) is 1. The summed E-state index contributed by atoms with van der Waals surface area (Å²) in [6, 6.07) is 1.34. The molecule has 1 aliphatic heterocycles. The van der Waals surface area contributed by atoms with E-state index in [0.29, 0.717) is 24.2 Å². The van der Waals surface area contributed by atoms with Crippen molar-refractivity contribution in [1.82, 2.24) is 24.8 Å². The number of aliphatic hydroxyl groups is 1. The molecule has 9 heteroatoms. The fourth-order valence-corrected chi connectivity index (χ4v) is 3.32. The smallest absolute Gasteiger partial charge is 0.259 e. The zero-order chi connectivity index (χ0) is 21.8. The molecule has 1 N–H and O–H groups in total. The number of pyridine rings is 1. The van der Waals surface area contributed by atoms with Gasteiger partial charge in [-0.2, -0.15) is 0 Å². The highest BCUT2D eigenvalue weighted by molar-refractivity contribution is 5.98. The molecule has 3 heterocycles. The van der Waals surface area contributed by atoms with Crippen molar-refractivity contribution in [2.45, 2.75) is 32.9 Å². The van der Waals surface area contributed by atoms with Crippen molar-refractivity contribution in [1.29, 1.82) is 0 Å². The number of rotatable bonds is 5. The molecular weight excluding hydrogens is 386 g/mol. The van der Waals surface area contributed by atoms with Crippen molar-refractivity contribution in [2.24, 2.45) is 5.92 Å². The fourth-order valence-electron chi connectivity index (χ4n) is 3.32. The number of hydrogen-bond donors (Lipinski definition) is 1. The average Bonchev–Trinajstić information content (AvgIpc) is 2.75. The van der Waals surface area contributed by atoms with E-state index in [-0.39, 0.29) is 42.4 Å². The normalized spacial score (nSPS) is 19.9. The molecule has 160 valence electrons. The summed E-state index contributed by atoms with van der Waals surface area (Å²) < 4.78 is 6.15. The highest BCUT2D eigenvalue weighted by Crippen LogP contribution is 2.30. The third-order valence-electron chi connectivity index (χ3n) is 5.41. The van der Waals surface area contributed by atoms with Crippen LogP contribution in [0.4, 0.5) is 0 Å². The molecule has 0 saturated heterocycles. The third kappa shape index (κ3) is 4.56. The number of fused-ring (bicyclic) bond motifs is 1. The predicted octanol–water partition coefficient (Wildman–Crippen LogP) is 1.24. The summed E-state index contributed by atoms with van der Waals surface area (Å²) in [5.41, 5.74) is 1.72. The van der Waals surface area contributed by atoms with Crippen LogP contribution >= 0.6 is 0 Å². The maximum absolute atomic E-state index is 13.4. The van der Waals surface area contributed by atoms with Crippen LogP contribution in [0.2, 0.25) is 0 Å². The second-order valence-electron chi connectivity index (χ2n) is 7.73. The maximum atomic E-state index is 13.4. The Bertz CT molecular complexity index is 908. The van der Waals surface area contributed by atoms with E-state index in [9.17, 15) is 14.7 Å². The second-order valence-corrected chi connectivity index (χ2v) is 7.73. The molecule has 0 aliphatic carbocycles. The van der Waals surface area contributed by atoms with Crippen LogP contribution < -0.4 is 4.74 Å². The van der Waals surface area contributed by atoms with Gasteiger partial charge in [0.1, 0.15) is 18.0 Å². The fraction of sp³-hybridized carbons (Fsp3) is 0.476. The third-order valence-corrected chi connectivity index (χ3v) is 5.41. The summed E-state index contributed by atoms with van der Waals surface area (Å²) in [4.78, 5) is 40.8. The van der Waals surface area contributed by atoms with E-state index in [1.54, 1.807) is 48.4 Å². The van der Waals surface area contributed by atoms with E-state index in [2.05, 4.69) is 15.0 Å². The molecule has 0 spiro atoms. The molecule has 0 saturated carbocycles. The van der Waals surface area contributed by atoms with Gasteiger partial charge >= 0.3 is 0 Å². The van der Waals surface area contributed by atoms with Crippen LogP contribution in [0.1, 0.15) is 31.1 Å². The molecular formula is C21H27N5O4. The first kappa shape index (κ1) is 21.6. The van der Waals surface area contributed by atoms with Crippen LogP contribution in [0.15, 0.2) is 31.0 Å². The summed E-state index contributed by atoms with van der Waals surface area (Å²) in [5.74, 6) is -0.203. The first-order valence-electron chi connectivity index (χ1n) is 9.87. The number of carbonyl (C=O) groups excluding carboxylic acids is 2. The molecule has 0 fully saturated rings. The van der Waals surface area contributed by atoms with Gasteiger partial charge in [-0.15, -0.1) is 0 Å². The number of amides is 2. The molecule has 2 aromatic rings. The molecule has 3 rings (SSSR count). The summed E-state index contributed by atoms with van der Waals surface area (Å²) in [6.45, 7) is 5.84. The van der Waals surface area contributed by atoms with Gasteiger partial charge in [0.15, 0.2) is 0 Å². The number of likely N-dealkylation sites (N-methyl/N-ethyl adjacent to an activating group) is 1. The predicted molar refractivity (Wildman–Crippen MR) is 110 cm³/mol. The van der Waals surface area contributed by atoms with Gasteiger partial charge in [-0.3, -0.25) is 9.59 Å². The van der Waals surface area contributed by atoms with Crippen molar-refractivity contribution >= 4 is 11.8 Å². The summed E-state index contributed by atoms with van der Waals surface area (Å²) in [6.07, 6.45) is 5.97. The van der Waals surface area contributed by atoms with Crippen molar-refractivity contribution < 1.29 is 19.4 Å². The van der Waals surface area contributed by atoms with Crippen molar-refractivity contribution in [3.05, 3.63) is 36.5 Å².